The SMILES string of the molecule is O=C(O)CCC1Oc2cccnc2NC1=O. The summed E-state index contributed by atoms with van der Waals surface area (Å²) in [6.45, 7) is 0. The maximum absolute atomic E-state index is 11.5. The number of anilines is 1. The summed E-state index contributed by atoms with van der Waals surface area (Å²) in [5.74, 6) is -0.461. The molecule has 0 saturated carbocycles. The lowest BCUT2D eigenvalue weighted by atomic mass is 10.1. The minimum Gasteiger partial charge on any atom is -0.481 e. The number of carbonyl (C=O) groups is 2. The molecule has 16 heavy (non-hydrogen) atoms. The Hall–Kier alpha value is -2.11. The number of rotatable bonds is 3. The van der Waals surface area contributed by atoms with Gasteiger partial charge in [-0.25, -0.2) is 4.98 Å². The highest BCUT2D eigenvalue weighted by Crippen LogP contribution is 2.27. The number of ether oxygens (including phenoxy) is 1. The quantitative estimate of drug-likeness (QED) is 0.783. The lowest BCUT2D eigenvalue weighted by Crippen LogP contribution is -2.37. The molecule has 0 aliphatic carbocycles. The lowest BCUT2D eigenvalue weighted by molar-refractivity contribution is -0.137. The number of carbonyl (C=O) groups excluding carboxylic acids is 1. The Kier molecular flexibility index (Phi) is 2.72. The van der Waals surface area contributed by atoms with Crippen molar-refractivity contribution in [3.05, 3.63) is 18.3 Å². The number of carboxylic acids is 1. The summed E-state index contributed by atoms with van der Waals surface area (Å²) in [7, 11) is 0. The molecule has 6 nitrogen and oxygen atoms in total. The molecule has 2 rings (SSSR count). The fourth-order valence-corrected chi connectivity index (χ4v) is 1.43. The highest BCUT2D eigenvalue weighted by atomic mass is 16.5. The van der Waals surface area contributed by atoms with Crippen LogP contribution in [0.3, 0.4) is 0 Å². The van der Waals surface area contributed by atoms with Gasteiger partial charge >= 0.3 is 5.97 Å². The van der Waals surface area contributed by atoms with E-state index in [-0.39, 0.29) is 18.7 Å². The molecule has 1 aromatic heterocycles. The van der Waals surface area contributed by atoms with Gasteiger partial charge in [0.2, 0.25) is 0 Å². The minimum atomic E-state index is -0.951. The zero-order valence-electron chi connectivity index (χ0n) is 8.34. The molecule has 2 N–H and O–H groups in total. The third-order valence-electron chi connectivity index (χ3n) is 2.19. The van der Waals surface area contributed by atoms with Gasteiger partial charge in [0, 0.05) is 19.0 Å². The van der Waals surface area contributed by atoms with Crippen molar-refractivity contribution in [2.24, 2.45) is 0 Å². The minimum absolute atomic E-state index is 0.103. The van der Waals surface area contributed by atoms with Crippen LogP contribution in [0, 0.1) is 0 Å². The Bertz CT molecular complexity index is 433. The zero-order chi connectivity index (χ0) is 11.5. The standard InChI is InChI=1S/C10H10N2O4/c13-8(14)4-3-7-10(15)12-9-6(16-7)2-1-5-11-9/h1-2,5,7H,3-4H2,(H,13,14)(H,11,12,15). The van der Waals surface area contributed by atoms with Gasteiger partial charge in [-0.3, -0.25) is 9.59 Å². The number of nitrogens with zero attached hydrogens (tertiary/aromatic N) is 1. The normalized spacial score (nSPS) is 18.2. The molecule has 0 bridgehead atoms. The first-order chi connectivity index (χ1) is 7.66. The summed E-state index contributed by atoms with van der Waals surface area (Å²) >= 11 is 0. The van der Waals surface area contributed by atoms with Crippen molar-refractivity contribution in [2.45, 2.75) is 18.9 Å². The van der Waals surface area contributed by atoms with Crippen LogP contribution < -0.4 is 10.1 Å². The molecule has 1 atom stereocenters. The van der Waals surface area contributed by atoms with Gasteiger partial charge in [-0.1, -0.05) is 0 Å². The van der Waals surface area contributed by atoms with Gasteiger partial charge in [-0.15, -0.1) is 0 Å². The predicted octanol–water partition coefficient (Wildman–Crippen LogP) is 0.646. The zero-order valence-corrected chi connectivity index (χ0v) is 8.34. The Morgan fingerprint density at radius 1 is 1.62 bits per heavy atom. The second kappa shape index (κ2) is 4.18. The van der Waals surface area contributed by atoms with Gasteiger partial charge in [0.05, 0.1) is 0 Å². The third-order valence-corrected chi connectivity index (χ3v) is 2.19. The van der Waals surface area contributed by atoms with Crippen LogP contribution in [0.1, 0.15) is 12.8 Å². The molecule has 0 aromatic carbocycles. The second-order valence-corrected chi connectivity index (χ2v) is 3.38. The molecule has 1 aliphatic heterocycles. The maximum Gasteiger partial charge on any atom is 0.303 e. The molecule has 1 aliphatic rings. The van der Waals surface area contributed by atoms with Gasteiger partial charge in [0.1, 0.15) is 0 Å². The number of hydrogen-bond donors (Lipinski definition) is 2. The Morgan fingerprint density at radius 2 is 2.44 bits per heavy atom. The third kappa shape index (κ3) is 2.10. The fourth-order valence-electron chi connectivity index (χ4n) is 1.43. The van der Waals surface area contributed by atoms with E-state index in [4.69, 9.17) is 9.84 Å². The van der Waals surface area contributed by atoms with Crippen molar-refractivity contribution < 1.29 is 19.4 Å². The van der Waals surface area contributed by atoms with E-state index in [0.29, 0.717) is 11.6 Å². The molecular formula is C10H10N2O4. The predicted molar refractivity (Wildman–Crippen MR) is 54.2 cm³/mol. The van der Waals surface area contributed by atoms with Crippen LogP contribution in [0.4, 0.5) is 5.82 Å². The molecule has 0 spiro atoms. The first kappa shape index (κ1) is 10.4. The van der Waals surface area contributed by atoms with Crippen LogP contribution in [0.2, 0.25) is 0 Å². The number of nitrogens with one attached hydrogen (secondary N) is 1. The Labute approximate surface area is 91.3 Å². The summed E-state index contributed by atoms with van der Waals surface area (Å²) in [6.07, 6.45) is 0.830. The summed E-state index contributed by atoms with van der Waals surface area (Å²) in [5, 5.41) is 11.1. The monoisotopic (exact) mass is 222 g/mol. The van der Waals surface area contributed by atoms with Crippen molar-refractivity contribution in [1.82, 2.24) is 4.98 Å². The summed E-state index contributed by atoms with van der Waals surface area (Å²) in [5.41, 5.74) is 0. The van der Waals surface area contributed by atoms with Gasteiger partial charge in [0.15, 0.2) is 17.7 Å². The first-order valence-electron chi connectivity index (χ1n) is 4.81. The highest BCUT2D eigenvalue weighted by Gasteiger charge is 2.28. The van der Waals surface area contributed by atoms with E-state index in [2.05, 4.69) is 10.3 Å². The van der Waals surface area contributed by atoms with Crippen LogP contribution in [-0.4, -0.2) is 28.1 Å². The van der Waals surface area contributed by atoms with E-state index in [9.17, 15) is 9.59 Å². The Balaban J connectivity index is 2.09. The number of aliphatic carboxylic acids is 1. The van der Waals surface area contributed by atoms with Gasteiger partial charge in [-0.05, 0) is 12.1 Å². The number of amides is 1. The lowest BCUT2D eigenvalue weighted by Gasteiger charge is -2.24. The van der Waals surface area contributed by atoms with Crippen molar-refractivity contribution >= 4 is 17.7 Å². The van der Waals surface area contributed by atoms with E-state index in [1.165, 1.54) is 0 Å². The summed E-state index contributed by atoms with van der Waals surface area (Å²) < 4.78 is 5.36. The second-order valence-electron chi connectivity index (χ2n) is 3.38. The van der Waals surface area contributed by atoms with Crippen LogP contribution in [0.5, 0.6) is 5.75 Å². The van der Waals surface area contributed by atoms with Crippen molar-refractivity contribution in [3.8, 4) is 5.75 Å². The molecule has 0 saturated heterocycles. The van der Waals surface area contributed by atoms with Gasteiger partial charge in [0.25, 0.3) is 5.91 Å². The maximum atomic E-state index is 11.5. The average molecular weight is 222 g/mol. The molecule has 1 amide bonds. The van der Waals surface area contributed by atoms with Gasteiger partial charge in [-0.2, -0.15) is 0 Å². The van der Waals surface area contributed by atoms with Crippen molar-refractivity contribution in [1.29, 1.82) is 0 Å². The highest BCUT2D eigenvalue weighted by molar-refractivity contribution is 5.96. The van der Waals surface area contributed by atoms with Crippen molar-refractivity contribution in [2.75, 3.05) is 5.32 Å². The number of pyridine rings is 1. The fraction of sp³-hybridized carbons (Fsp3) is 0.300. The molecule has 6 heteroatoms. The van der Waals surface area contributed by atoms with Crippen LogP contribution >= 0.6 is 0 Å². The average Bonchev–Trinajstić information content (AvgIpc) is 2.26. The first-order valence-corrected chi connectivity index (χ1v) is 4.81. The molecule has 0 radical (unpaired) electrons. The smallest absolute Gasteiger partial charge is 0.303 e. The van der Waals surface area contributed by atoms with E-state index in [1.54, 1.807) is 18.3 Å². The number of hydrogen-bond acceptors (Lipinski definition) is 4. The number of fused-ring (bicyclic) bond motifs is 1. The van der Waals surface area contributed by atoms with E-state index < -0.39 is 12.1 Å². The largest absolute Gasteiger partial charge is 0.481 e. The van der Waals surface area contributed by atoms with E-state index >= 15 is 0 Å². The molecule has 1 unspecified atom stereocenters. The van der Waals surface area contributed by atoms with E-state index in [0.717, 1.165) is 0 Å². The van der Waals surface area contributed by atoms with E-state index in [1.807, 2.05) is 0 Å². The van der Waals surface area contributed by atoms with Crippen LogP contribution in [-0.2, 0) is 9.59 Å². The van der Waals surface area contributed by atoms with Crippen LogP contribution in [0.15, 0.2) is 18.3 Å². The summed E-state index contributed by atoms with van der Waals surface area (Å²) in [4.78, 5) is 25.8. The van der Waals surface area contributed by atoms with Gasteiger partial charge < -0.3 is 15.2 Å². The molecule has 1 aromatic rings. The molecular weight excluding hydrogens is 212 g/mol. The molecule has 0 fully saturated rings. The number of aromatic nitrogens is 1. The molecule has 84 valence electrons. The topological polar surface area (TPSA) is 88.5 Å². The number of carboxylic acid groups (broad SMARTS) is 1. The van der Waals surface area contributed by atoms with Crippen molar-refractivity contribution in [3.63, 3.8) is 0 Å². The summed E-state index contributed by atoms with van der Waals surface area (Å²) in [6, 6.07) is 3.36. The Morgan fingerprint density at radius 3 is 3.19 bits per heavy atom. The van der Waals surface area contributed by atoms with Crippen LogP contribution in [0.25, 0.3) is 0 Å². The molecule has 2 heterocycles.